The number of carbonyl (C=O) groups excluding carboxylic acids is 2. The number of oxime groups is 2. The number of hydrogen-bond donors (Lipinski definition) is 2. The average molecular weight is 787 g/mol. The van der Waals surface area contributed by atoms with E-state index in [1.807, 2.05) is 43.3 Å². The lowest BCUT2D eigenvalue weighted by molar-refractivity contribution is -0.0411. The zero-order valence-corrected chi connectivity index (χ0v) is 33.5. The van der Waals surface area contributed by atoms with E-state index in [0.29, 0.717) is 61.4 Å². The fraction of sp³-hybridized carbons (Fsp3) is 0.347. The molecule has 0 unspecified atom stereocenters. The van der Waals surface area contributed by atoms with Crippen molar-refractivity contribution < 1.29 is 19.3 Å². The normalized spacial score (nSPS) is 27.3. The Balaban J connectivity index is 0.835. The molecule has 4 aliphatic rings. The smallest absolute Gasteiger partial charge is 0.354 e. The highest BCUT2D eigenvalue weighted by atomic mass is 16.7. The number of fused-ring (bicyclic) bond motifs is 9. The van der Waals surface area contributed by atoms with E-state index >= 15 is 0 Å². The molecule has 298 valence electrons. The van der Waals surface area contributed by atoms with Gasteiger partial charge in [-0.1, -0.05) is 66.1 Å². The molecule has 10 heteroatoms. The molecule has 0 radical (unpaired) electrons. The van der Waals surface area contributed by atoms with Crippen molar-refractivity contribution in [2.75, 3.05) is 0 Å². The third-order valence-electron chi connectivity index (χ3n) is 14.9. The van der Waals surface area contributed by atoms with Gasteiger partial charge < -0.3 is 19.6 Å². The van der Waals surface area contributed by atoms with Crippen LogP contribution < -0.4 is 10.9 Å². The number of hydrogen-bond acceptors (Lipinski definition) is 8. The van der Waals surface area contributed by atoms with E-state index in [1.165, 1.54) is 5.57 Å². The van der Waals surface area contributed by atoms with Crippen LogP contribution in [0.2, 0.25) is 0 Å². The third kappa shape index (κ3) is 5.89. The van der Waals surface area contributed by atoms with Crippen molar-refractivity contribution in [3.05, 3.63) is 128 Å². The van der Waals surface area contributed by atoms with Gasteiger partial charge >= 0.3 is 11.9 Å². The predicted molar refractivity (Wildman–Crippen MR) is 231 cm³/mol. The first-order valence-corrected chi connectivity index (χ1v) is 20.9. The van der Waals surface area contributed by atoms with Gasteiger partial charge in [0.15, 0.2) is 10.9 Å². The second kappa shape index (κ2) is 14.0. The number of nitrogens with one attached hydrogen (secondary N) is 2. The zero-order chi connectivity index (χ0) is 40.6. The largest absolute Gasteiger partial charge is 0.367 e. The van der Waals surface area contributed by atoms with Crippen molar-refractivity contribution in [1.82, 2.24) is 9.97 Å². The maximum Gasteiger partial charge on any atom is 0.367 e. The monoisotopic (exact) mass is 786 g/mol. The molecule has 0 amide bonds. The van der Waals surface area contributed by atoms with E-state index in [1.54, 1.807) is 48.5 Å². The average Bonchev–Trinajstić information content (AvgIpc) is 3.62. The number of aromatic amines is 2. The minimum absolute atomic E-state index is 0.0466. The summed E-state index contributed by atoms with van der Waals surface area (Å²) in [7, 11) is 0. The summed E-state index contributed by atoms with van der Waals surface area (Å²) in [5.74, 6) is 0.698. The molecule has 59 heavy (non-hydrogen) atoms. The topological polar surface area (TPSA) is 143 Å². The van der Waals surface area contributed by atoms with Gasteiger partial charge in [-0.2, -0.15) is 0 Å². The van der Waals surface area contributed by atoms with Crippen LogP contribution in [0.1, 0.15) is 92.9 Å². The SMILES string of the molecule is C/C(=N/OC(=O)c1cccc2c(=O)c3ccccc3[nH]c12)[C@H]1CC[C@H]2[C@@H]3CCC4=C/C(=N/OC(=O)c5cccc6c(=O)c7ccccc7[nH]c56)CC[C@]4(C)[C@H]3CC[C@]12C. The Morgan fingerprint density at radius 2 is 1.25 bits per heavy atom. The Morgan fingerprint density at radius 1 is 0.661 bits per heavy atom. The van der Waals surface area contributed by atoms with Crippen molar-refractivity contribution in [3.8, 4) is 0 Å². The Kier molecular flexibility index (Phi) is 8.81. The Morgan fingerprint density at radius 3 is 1.90 bits per heavy atom. The molecule has 0 bridgehead atoms. The van der Waals surface area contributed by atoms with Crippen LogP contribution in [0.4, 0.5) is 0 Å². The van der Waals surface area contributed by atoms with Gasteiger partial charge in [0.2, 0.25) is 0 Å². The molecule has 0 aliphatic heterocycles. The van der Waals surface area contributed by atoms with Crippen molar-refractivity contribution in [2.24, 2.45) is 44.8 Å². The van der Waals surface area contributed by atoms with Gasteiger partial charge in [-0.3, -0.25) is 9.59 Å². The maximum atomic E-state index is 13.5. The van der Waals surface area contributed by atoms with E-state index < -0.39 is 11.9 Å². The number of nitrogens with zero attached hydrogens (tertiary/aromatic N) is 2. The second-order valence-electron chi connectivity index (χ2n) is 17.7. The molecular formula is C49H46N4O6. The molecule has 6 atom stereocenters. The molecule has 2 aromatic heterocycles. The minimum Gasteiger partial charge on any atom is -0.354 e. The van der Waals surface area contributed by atoms with Gasteiger partial charge in [-0.25, -0.2) is 9.59 Å². The van der Waals surface area contributed by atoms with Crippen LogP contribution >= 0.6 is 0 Å². The highest BCUT2D eigenvalue weighted by Crippen LogP contribution is 2.66. The molecule has 2 N–H and O–H groups in total. The van der Waals surface area contributed by atoms with Gasteiger partial charge in [0.1, 0.15) is 0 Å². The highest BCUT2D eigenvalue weighted by molar-refractivity contribution is 6.07. The summed E-state index contributed by atoms with van der Waals surface area (Å²) < 4.78 is 0. The molecule has 0 spiro atoms. The first kappa shape index (κ1) is 37.1. The van der Waals surface area contributed by atoms with Crippen LogP contribution in [0.25, 0.3) is 43.6 Å². The van der Waals surface area contributed by atoms with Crippen LogP contribution in [0.3, 0.4) is 0 Å². The van der Waals surface area contributed by atoms with E-state index in [4.69, 9.17) is 9.68 Å². The van der Waals surface area contributed by atoms with Crippen molar-refractivity contribution in [1.29, 1.82) is 0 Å². The molecule has 4 aliphatic carbocycles. The molecule has 6 aromatic rings. The van der Waals surface area contributed by atoms with E-state index in [-0.39, 0.29) is 38.7 Å². The standard InChI is InChI=1S/C49H46N4O6/c1-27(52-58-46(56)35-14-8-12-33-42(35)50-40-16-6-4-10-31(40)44(33)54)37-20-21-38-30-19-18-28-26-29(22-24-48(28,2)39(30)23-25-49(37,38)3)53-59-47(57)36-15-9-13-34-43(36)51-41-17-7-5-11-32(41)45(34)55/h4-17,26,30,37-39H,18-25H2,1-3H3,(H,50,54)(H,51,55)/b52-27-,53-29+/t30-,37+,38-,39-,48-,49+/m0/s1. The van der Waals surface area contributed by atoms with Crippen LogP contribution in [0.15, 0.2) is 116 Å². The number of allylic oxidation sites excluding steroid dienone is 2. The van der Waals surface area contributed by atoms with Crippen LogP contribution in [-0.4, -0.2) is 33.3 Å². The first-order valence-electron chi connectivity index (χ1n) is 20.9. The predicted octanol–water partition coefficient (Wildman–Crippen LogP) is 10.0. The number of H-pyrrole nitrogens is 2. The fourth-order valence-corrected chi connectivity index (χ4v) is 11.9. The molecule has 10 nitrogen and oxygen atoms in total. The van der Waals surface area contributed by atoms with E-state index in [0.717, 1.165) is 62.8 Å². The first-order chi connectivity index (χ1) is 28.5. The molecule has 2 heterocycles. The number of aromatic nitrogens is 2. The Bertz CT molecular complexity index is 2980. The third-order valence-corrected chi connectivity index (χ3v) is 14.9. The molecule has 3 saturated carbocycles. The molecular weight excluding hydrogens is 741 g/mol. The molecule has 3 fully saturated rings. The van der Waals surface area contributed by atoms with Gasteiger partial charge in [0.25, 0.3) is 0 Å². The minimum atomic E-state index is -0.598. The fourth-order valence-electron chi connectivity index (χ4n) is 11.9. The van der Waals surface area contributed by atoms with Crippen LogP contribution in [0.5, 0.6) is 0 Å². The quantitative estimate of drug-likeness (QED) is 0.0771. The number of para-hydroxylation sites is 4. The summed E-state index contributed by atoms with van der Waals surface area (Å²) >= 11 is 0. The second-order valence-corrected chi connectivity index (χ2v) is 17.7. The summed E-state index contributed by atoms with van der Waals surface area (Å²) in [5, 5.41) is 10.9. The molecule has 10 rings (SSSR count). The van der Waals surface area contributed by atoms with E-state index in [9.17, 15) is 19.2 Å². The van der Waals surface area contributed by atoms with E-state index in [2.05, 4.69) is 40.2 Å². The van der Waals surface area contributed by atoms with Gasteiger partial charge in [-0.05, 0) is 141 Å². The Hall–Kier alpha value is -6.16. The Labute approximate surface area is 340 Å². The summed E-state index contributed by atoms with van der Waals surface area (Å²) in [6, 6.07) is 24.8. The lowest BCUT2D eigenvalue weighted by Crippen LogP contribution is -2.51. The van der Waals surface area contributed by atoms with Gasteiger partial charge in [0.05, 0.1) is 33.6 Å². The highest BCUT2D eigenvalue weighted by Gasteiger charge is 2.59. The lowest BCUT2D eigenvalue weighted by atomic mass is 9.46. The number of pyridine rings is 2. The zero-order valence-electron chi connectivity index (χ0n) is 33.5. The van der Waals surface area contributed by atoms with Crippen LogP contribution in [-0.2, 0) is 9.68 Å². The summed E-state index contributed by atoms with van der Waals surface area (Å²) in [6.45, 7) is 6.85. The van der Waals surface area contributed by atoms with Gasteiger partial charge in [-0.15, -0.1) is 0 Å². The summed E-state index contributed by atoms with van der Waals surface area (Å²) in [4.78, 5) is 71.1. The van der Waals surface area contributed by atoms with Crippen molar-refractivity contribution >= 4 is 67.0 Å². The van der Waals surface area contributed by atoms with Crippen molar-refractivity contribution in [2.45, 2.75) is 72.1 Å². The lowest BCUT2D eigenvalue weighted by Gasteiger charge is -2.58. The number of benzene rings is 4. The molecule has 4 aromatic carbocycles. The maximum absolute atomic E-state index is 13.5. The summed E-state index contributed by atoms with van der Waals surface area (Å²) in [5.41, 5.74) is 5.65. The van der Waals surface area contributed by atoms with Crippen molar-refractivity contribution in [3.63, 3.8) is 0 Å². The number of carbonyl (C=O) groups is 2. The van der Waals surface area contributed by atoms with Gasteiger partial charge in [0, 0.05) is 38.5 Å². The van der Waals surface area contributed by atoms with Crippen LogP contribution in [0, 0.1) is 34.5 Å². The molecule has 0 saturated heterocycles. The number of rotatable bonds is 5. The summed E-state index contributed by atoms with van der Waals surface area (Å²) in [6.07, 6.45) is 10.2.